The first-order valence-corrected chi connectivity index (χ1v) is 4.21. The summed E-state index contributed by atoms with van der Waals surface area (Å²) in [5, 5.41) is 8.74. The summed E-state index contributed by atoms with van der Waals surface area (Å²) < 4.78 is 0. The van der Waals surface area contributed by atoms with Crippen LogP contribution in [0, 0.1) is 35.0 Å². The number of fused-ring (bicyclic) bond motifs is 2. The van der Waals surface area contributed by atoms with Gasteiger partial charge < -0.3 is 4.79 Å². The molecule has 0 heterocycles. The van der Waals surface area contributed by atoms with Gasteiger partial charge in [0, 0.05) is 5.92 Å². The van der Waals surface area contributed by atoms with Gasteiger partial charge in [0.25, 0.3) is 0 Å². The first kappa shape index (κ1) is 6.84. The minimum absolute atomic E-state index is 0.184. The highest BCUT2D eigenvalue weighted by Crippen LogP contribution is 2.51. The molecule has 2 saturated carbocycles. The van der Waals surface area contributed by atoms with Crippen molar-refractivity contribution in [3.63, 3.8) is 0 Å². The molecule has 0 amide bonds. The van der Waals surface area contributed by atoms with Crippen molar-refractivity contribution in [1.29, 1.82) is 5.26 Å². The van der Waals surface area contributed by atoms with Crippen molar-refractivity contribution in [2.45, 2.75) is 19.3 Å². The van der Waals surface area contributed by atoms with E-state index in [1.807, 2.05) is 0 Å². The normalized spacial score (nSPS) is 47.2. The van der Waals surface area contributed by atoms with Gasteiger partial charge in [-0.3, -0.25) is 0 Å². The third-order valence-electron chi connectivity index (χ3n) is 3.31. The second-order valence-corrected chi connectivity index (χ2v) is 3.69. The molecule has 0 aliphatic heterocycles. The van der Waals surface area contributed by atoms with Crippen molar-refractivity contribution in [3.8, 4) is 6.07 Å². The highest BCUT2D eigenvalue weighted by atomic mass is 16.1. The Labute approximate surface area is 66.2 Å². The van der Waals surface area contributed by atoms with Crippen molar-refractivity contribution in [3.05, 3.63) is 0 Å². The molecule has 4 atom stereocenters. The molecule has 11 heavy (non-hydrogen) atoms. The summed E-state index contributed by atoms with van der Waals surface area (Å²) in [7, 11) is 0. The van der Waals surface area contributed by atoms with Crippen LogP contribution in [0.4, 0.5) is 0 Å². The monoisotopic (exact) mass is 149 g/mol. The van der Waals surface area contributed by atoms with Crippen LogP contribution in [0.3, 0.4) is 0 Å². The van der Waals surface area contributed by atoms with Crippen molar-refractivity contribution < 1.29 is 4.79 Å². The molecule has 0 aromatic carbocycles. The average Bonchev–Trinajstić information content (AvgIpc) is 2.59. The summed E-state index contributed by atoms with van der Waals surface area (Å²) in [6.07, 6.45) is 4.32. The van der Waals surface area contributed by atoms with Gasteiger partial charge >= 0.3 is 0 Å². The molecule has 2 nitrogen and oxygen atoms in total. The summed E-state index contributed by atoms with van der Waals surface area (Å²) >= 11 is 0. The van der Waals surface area contributed by atoms with E-state index in [0.29, 0.717) is 11.8 Å². The van der Waals surface area contributed by atoms with Crippen LogP contribution < -0.4 is 0 Å². The molecule has 2 heteroatoms. The number of aldehydes is 1. The van der Waals surface area contributed by atoms with E-state index >= 15 is 0 Å². The van der Waals surface area contributed by atoms with Gasteiger partial charge in [-0.25, -0.2) is 0 Å². The Morgan fingerprint density at radius 1 is 1.45 bits per heavy atom. The molecule has 0 N–H and O–H groups in total. The molecule has 58 valence electrons. The molecule has 2 aliphatic rings. The van der Waals surface area contributed by atoms with Crippen LogP contribution in [0.1, 0.15) is 19.3 Å². The highest BCUT2D eigenvalue weighted by molar-refractivity contribution is 5.56. The number of nitriles is 1. The smallest absolute Gasteiger partial charge is 0.123 e. The van der Waals surface area contributed by atoms with Crippen LogP contribution in [0.15, 0.2) is 0 Å². The number of rotatable bonds is 1. The van der Waals surface area contributed by atoms with Gasteiger partial charge in [0.1, 0.15) is 6.29 Å². The van der Waals surface area contributed by atoms with E-state index in [9.17, 15) is 4.79 Å². The van der Waals surface area contributed by atoms with Crippen molar-refractivity contribution >= 4 is 6.29 Å². The molecule has 2 bridgehead atoms. The van der Waals surface area contributed by atoms with Crippen LogP contribution in [0.25, 0.3) is 0 Å². The maximum Gasteiger partial charge on any atom is 0.123 e. The SMILES string of the molecule is N#CC1CC2CCC1C2C=O. The Morgan fingerprint density at radius 2 is 2.27 bits per heavy atom. The summed E-state index contributed by atoms with van der Waals surface area (Å²) in [6, 6.07) is 2.30. The van der Waals surface area contributed by atoms with Crippen molar-refractivity contribution in [2.75, 3.05) is 0 Å². The lowest BCUT2D eigenvalue weighted by molar-refractivity contribution is -0.112. The van der Waals surface area contributed by atoms with Gasteiger partial charge in [0.15, 0.2) is 0 Å². The lowest BCUT2D eigenvalue weighted by Crippen LogP contribution is -2.11. The fourth-order valence-corrected chi connectivity index (χ4v) is 2.75. The summed E-state index contributed by atoms with van der Waals surface area (Å²) in [5.74, 6) is 1.35. The number of carbonyl (C=O) groups is 1. The minimum atomic E-state index is 0.184. The topological polar surface area (TPSA) is 40.9 Å². The van der Waals surface area contributed by atoms with Gasteiger partial charge in [-0.15, -0.1) is 0 Å². The zero-order valence-electron chi connectivity index (χ0n) is 6.36. The maximum absolute atomic E-state index is 10.6. The van der Waals surface area contributed by atoms with Gasteiger partial charge in [0.05, 0.1) is 12.0 Å². The first-order valence-electron chi connectivity index (χ1n) is 4.21. The van der Waals surface area contributed by atoms with Crippen LogP contribution in [0.2, 0.25) is 0 Å². The lowest BCUT2D eigenvalue weighted by Gasteiger charge is -2.12. The molecule has 0 spiro atoms. The molecule has 2 fully saturated rings. The predicted molar refractivity (Wildman–Crippen MR) is 39.5 cm³/mol. The molecule has 2 rings (SSSR count). The molecule has 4 unspecified atom stereocenters. The number of hydrogen-bond acceptors (Lipinski definition) is 2. The van der Waals surface area contributed by atoms with E-state index in [2.05, 4.69) is 6.07 Å². The van der Waals surface area contributed by atoms with E-state index < -0.39 is 0 Å². The van der Waals surface area contributed by atoms with Gasteiger partial charge in [-0.2, -0.15) is 5.26 Å². The first-order chi connectivity index (χ1) is 5.36. The average molecular weight is 149 g/mol. The van der Waals surface area contributed by atoms with E-state index in [0.717, 1.165) is 19.1 Å². The Bertz CT molecular complexity index is 218. The van der Waals surface area contributed by atoms with E-state index in [-0.39, 0.29) is 11.8 Å². The highest BCUT2D eigenvalue weighted by Gasteiger charge is 2.47. The van der Waals surface area contributed by atoms with Crippen molar-refractivity contribution in [1.82, 2.24) is 0 Å². The number of nitrogens with zero attached hydrogens (tertiary/aromatic N) is 1. The maximum atomic E-state index is 10.6. The zero-order valence-corrected chi connectivity index (χ0v) is 6.36. The summed E-state index contributed by atoms with van der Waals surface area (Å²) in [6.45, 7) is 0. The number of carbonyl (C=O) groups excluding carboxylic acids is 1. The molecular formula is C9H11NO. The minimum Gasteiger partial charge on any atom is -0.303 e. The fraction of sp³-hybridized carbons (Fsp3) is 0.778. The van der Waals surface area contributed by atoms with Crippen LogP contribution in [-0.4, -0.2) is 6.29 Å². The van der Waals surface area contributed by atoms with Gasteiger partial charge in [0.2, 0.25) is 0 Å². The summed E-state index contributed by atoms with van der Waals surface area (Å²) in [5.41, 5.74) is 0. The molecule has 0 saturated heterocycles. The summed E-state index contributed by atoms with van der Waals surface area (Å²) in [4.78, 5) is 10.6. The zero-order chi connectivity index (χ0) is 7.84. The van der Waals surface area contributed by atoms with E-state index in [4.69, 9.17) is 5.26 Å². The lowest BCUT2D eigenvalue weighted by atomic mass is 9.89. The molecule has 0 aromatic rings. The van der Waals surface area contributed by atoms with Crippen LogP contribution >= 0.6 is 0 Å². The quantitative estimate of drug-likeness (QED) is 0.528. The van der Waals surface area contributed by atoms with Crippen LogP contribution in [0.5, 0.6) is 0 Å². The Hall–Kier alpha value is -0.840. The molecule has 2 aliphatic carbocycles. The Balaban J connectivity index is 2.19. The van der Waals surface area contributed by atoms with E-state index in [1.165, 1.54) is 6.42 Å². The Kier molecular flexibility index (Phi) is 1.45. The Morgan fingerprint density at radius 3 is 2.73 bits per heavy atom. The van der Waals surface area contributed by atoms with Gasteiger partial charge in [-0.05, 0) is 31.1 Å². The largest absolute Gasteiger partial charge is 0.303 e. The molecule has 0 aromatic heterocycles. The number of hydrogen-bond donors (Lipinski definition) is 0. The second kappa shape index (κ2) is 2.34. The van der Waals surface area contributed by atoms with Crippen molar-refractivity contribution in [2.24, 2.45) is 23.7 Å². The van der Waals surface area contributed by atoms with E-state index in [1.54, 1.807) is 0 Å². The van der Waals surface area contributed by atoms with Gasteiger partial charge in [-0.1, -0.05) is 0 Å². The third-order valence-corrected chi connectivity index (χ3v) is 3.31. The predicted octanol–water partition coefficient (Wildman–Crippen LogP) is 1.37. The third kappa shape index (κ3) is 0.805. The standard InChI is InChI=1S/C9H11NO/c10-4-7-3-6-1-2-8(7)9(6)5-11/h5-9H,1-3H2. The molecular weight excluding hydrogens is 138 g/mol. The second-order valence-electron chi connectivity index (χ2n) is 3.69. The molecule has 0 radical (unpaired) electrons. The fourth-order valence-electron chi connectivity index (χ4n) is 2.75. The van der Waals surface area contributed by atoms with Crippen LogP contribution in [-0.2, 0) is 4.79 Å².